The predicted octanol–water partition coefficient (Wildman–Crippen LogP) is -2.69. The summed E-state index contributed by atoms with van der Waals surface area (Å²) in [4.78, 5) is 10.3. The Bertz CT molecular complexity index is 107. The van der Waals surface area contributed by atoms with E-state index in [0.29, 0.717) is 6.42 Å². The number of unbranched alkanes of at least 4 members (excludes halogenated alkanes) is 1. The van der Waals surface area contributed by atoms with Crippen molar-refractivity contribution in [1.82, 2.24) is 0 Å². The molecule has 0 radical (unpaired) electrons. The fourth-order valence-electron chi connectivity index (χ4n) is 0.939. The van der Waals surface area contributed by atoms with Gasteiger partial charge in [-0.3, -0.25) is 0 Å². The minimum atomic E-state index is -0.893. The van der Waals surface area contributed by atoms with Crippen LogP contribution < -0.4 is 56.5 Å². The molecule has 0 aliphatic heterocycles. The van der Waals surface area contributed by atoms with Gasteiger partial charge in [0.05, 0.1) is 0 Å². The van der Waals surface area contributed by atoms with Crippen molar-refractivity contribution in [1.29, 1.82) is 0 Å². The van der Waals surface area contributed by atoms with Crippen LogP contribution in [-0.2, 0) is 4.79 Å². The van der Waals surface area contributed by atoms with Gasteiger partial charge in [-0.15, -0.1) is 0 Å². The van der Waals surface area contributed by atoms with Crippen molar-refractivity contribution in [2.24, 2.45) is 5.92 Å². The van der Waals surface area contributed by atoms with E-state index >= 15 is 0 Å². The van der Waals surface area contributed by atoms with Crippen LogP contribution in [0.25, 0.3) is 0 Å². The van der Waals surface area contributed by atoms with E-state index in [1.165, 1.54) is 0 Å². The van der Waals surface area contributed by atoms with Gasteiger partial charge in [0.2, 0.25) is 0 Å². The zero-order chi connectivity index (χ0) is 7.98. The summed E-state index contributed by atoms with van der Waals surface area (Å²) in [5.74, 6) is -1.11. The summed E-state index contributed by atoms with van der Waals surface area (Å²) < 4.78 is 0. The fourth-order valence-corrected chi connectivity index (χ4v) is 0.939. The van der Waals surface area contributed by atoms with Crippen molar-refractivity contribution in [3.8, 4) is 0 Å². The Kier molecular flexibility index (Phi) is 23.1. The molecule has 0 rings (SSSR count). The number of carboxylic acid groups (broad SMARTS) is 1. The summed E-state index contributed by atoms with van der Waals surface area (Å²) in [6.45, 7) is 3.94. The van der Waals surface area contributed by atoms with E-state index in [2.05, 4.69) is 6.92 Å². The van der Waals surface area contributed by atoms with Crippen molar-refractivity contribution >= 4 is 57.4 Å². The molecule has 1 atom stereocenters. The Morgan fingerprint density at radius 2 is 1.92 bits per heavy atom. The van der Waals surface area contributed by atoms with Gasteiger partial charge >= 0.3 is 103 Å². The van der Waals surface area contributed by atoms with Crippen molar-refractivity contribution in [3.05, 3.63) is 0 Å². The predicted molar refractivity (Wildman–Crippen MR) is 45.5 cm³/mol. The van der Waals surface area contributed by atoms with Gasteiger partial charge in [0.15, 0.2) is 0 Å². The van der Waals surface area contributed by atoms with Crippen molar-refractivity contribution in [2.45, 2.75) is 39.5 Å². The molecule has 4 heteroatoms. The normalized spacial score (nSPS) is 10.8. The Morgan fingerprint density at radius 1 is 1.42 bits per heavy atom. The second-order valence-corrected chi connectivity index (χ2v) is 2.57. The quantitative estimate of drug-likeness (QED) is 0.475. The number of aliphatic carboxylic acids is 1. The van der Waals surface area contributed by atoms with Gasteiger partial charge in [-0.05, 0) is 18.8 Å². The van der Waals surface area contributed by atoms with E-state index in [1.807, 2.05) is 6.92 Å². The van der Waals surface area contributed by atoms with Crippen LogP contribution in [-0.4, -0.2) is 57.4 Å². The fraction of sp³-hybridized carbons (Fsp3) is 0.875. The average Bonchev–Trinajstić information content (AvgIpc) is 1.89. The van der Waals surface area contributed by atoms with Crippen LogP contribution in [0.4, 0.5) is 0 Å². The first-order valence-electron chi connectivity index (χ1n) is 3.93. The Morgan fingerprint density at radius 3 is 2.17 bits per heavy atom. The minimum absolute atomic E-state index is 0. The molecule has 1 unspecified atom stereocenters. The van der Waals surface area contributed by atoms with E-state index in [1.54, 1.807) is 0 Å². The van der Waals surface area contributed by atoms with Gasteiger partial charge in [-0.25, -0.2) is 0 Å². The van der Waals surface area contributed by atoms with E-state index in [0.717, 1.165) is 19.3 Å². The molecule has 0 fully saturated rings. The Hall–Kier alpha value is 2.74. The zero-order valence-corrected chi connectivity index (χ0v) is 10.8. The summed E-state index contributed by atoms with van der Waals surface area (Å²) in [7, 11) is 0. The van der Waals surface area contributed by atoms with Gasteiger partial charge in [0.1, 0.15) is 0 Å². The number of carboxylic acids is 1. The molecule has 12 heavy (non-hydrogen) atoms. The monoisotopic (exact) mass is 222 g/mol. The van der Waals surface area contributed by atoms with Crippen LogP contribution >= 0.6 is 0 Å². The van der Waals surface area contributed by atoms with Crippen LogP contribution in [0.3, 0.4) is 0 Å². The molecule has 0 saturated carbocycles. The van der Waals surface area contributed by atoms with Crippen LogP contribution in [0.2, 0.25) is 0 Å². The number of rotatable bonds is 5. The van der Waals surface area contributed by atoms with E-state index < -0.39 is 5.97 Å². The summed E-state index contributed by atoms with van der Waals surface area (Å²) in [5, 5.41) is 10.3. The molecule has 0 aromatic carbocycles. The van der Waals surface area contributed by atoms with Crippen LogP contribution in [0, 0.1) is 5.92 Å². The molecule has 0 heterocycles. The summed E-state index contributed by atoms with van der Waals surface area (Å²) in [6, 6.07) is 0. The molecule has 0 bridgehead atoms. The molecule has 0 N–H and O–H groups in total. The molecular formula is C8H16K2O2. The Labute approximate surface area is 160 Å². The molecule has 0 aromatic heterocycles. The van der Waals surface area contributed by atoms with Gasteiger partial charge in [-0.2, -0.15) is 0 Å². The third kappa shape index (κ3) is 10.8. The van der Waals surface area contributed by atoms with Gasteiger partial charge in [0.25, 0.3) is 0 Å². The average molecular weight is 222 g/mol. The van der Waals surface area contributed by atoms with E-state index in [4.69, 9.17) is 0 Å². The molecule has 0 amide bonds. The maximum atomic E-state index is 10.3. The van der Waals surface area contributed by atoms with E-state index in [9.17, 15) is 9.90 Å². The standard InChI is InChI=1S/C8H16O2.2K.H/c1-3-5-6-7(4-2)8(9)10;;;/h7H,3-6H2,1-2H3,(H,9,10);;;/q;;+1;/p-1. The number of carbonyl (C=O) groups excluding carboxylic acids is 1. The topological polar surface area (TPSA) is 40.1 Å². The van der Waals surface area contributed by atoms with Crippen molar-refractivity contribution in [3.63, 3.8) is 0 Å². The second-order valence-electron chi connectivity index (χ2n) is 2.57. The molecule has 0 spiro atoms. The number of hydrogen-bond donors (Lipinski definition) is 0. The number of carbonyl (C=O) groups is 1. The molecule has 0 saturated heterocycles. The summed E-state index contributed by atoms with van der Waals surface area (Å²) in [5.41, 5.74) is 0. The van der Waals surface area contributed by atoms with Crippen molar-refractivity contribution < 1.29 is 61.3 Å². The third-order valence-corrected chi connectivity index (χ3v) is 1.73. The number of hydrogen-bond acceptors (Lipinski definition) is 2. The molecule has 0 aliphatic carbocycles. The summed E-state index contributed by atoms with van der Waals surface area (Å²) in [6.07, 6.45) is 3.52. The van der Waals surface area contributed by atoms with E-state index in [-0.39, 0.29) is 109 Å². The first kappa shape index (κ1) is 20.2. The van der Waals surface area contributed by atoms with Crippen molar-refractivity contribution in [2.75, 3.05) is 0 Å². The third-order valence-electron chi connectivity index (χ3n) is 1.73. The van der Waals surface area contributed by atoms with Gasteiger partial charge < -0.3 is 9.90 Å². The van der Waals surface area contributed by atoms with Crippen LogP contribution in [0.1, 0.15) is 39.5 Å². The molecule has 2 nitrogen and oxygen atoms in total. The van der Waals surface area contributed by atoms with Gasteiger partial charge in [0, 0.05) is 5.97 Å². The second kappa shape index (κ2) is 13.7. The first-order chi connectivity index (χ1) is 4.72. The summed E-state index contributed by atoms with van der Waals surface area (Å²) >= 11 is 0. The molecule has 62 valence electrons. The maximum absolute atomic E-state index is 10.3. The molecule has 0 aliphatic rings. The first-order valence-corrected chi connectivity index (χ1v) is 3.93. The molecule has 0 aromatic rings. The van der Waals surface area contributed by atoms with Crippen LogP contribution in [0.15, 0.2) is 0 Å². The zero-order valence-electron chi connectivity index (χ0n) is 7.72. The Balaban J connectivity index is -0.000000405. The SMILES string of the molecule is CCCCC(CC)C(=O)[O-].[K+].[KH]. The van der Waals surface area contributed by atoms with Gasteiger partial charge in [-0.1, -0.05) is 26.7 Å². The molecular weight excluding hydrogens is 206 g/mol. The van der Waals surface area contributed by atoms with Crippen LogP contribution in [0.5, 0.6) is 0 Å².